The molecule has 0 bridgehead atoms. The van der Waals surface area contributed by atoms with Crippen LogP contribution in [0.15, 0.2) is 23.4 Å². The molecule has 4 fully saturated rings. The van der Waals surface area contributed by atoms with Gasteiger partial charge in [0.1, 0.15) is 0 Å². The van der Waals surface area contributed by atoms with Crippen molar-refractivity contribution < 1.29 is 9.90 Å². The quantitative estimate of drug-likeness (QED) is 0.397. The Morgan fingerprint density at radius 3 is 2.35 bits per heavy atom. The molecular weight excluding hydrogens is 492 g/mol. The lowest BCUT2D eigenvalue weighted by atomic mass is 9.33. The largest absolute Gasteiger partial charge is 0.504 e. The van der Waals surface area contributed by atoms with E-state index in [0.29, 0.717) is 57.8 Å². The monoisotopic (exact) mass is 546 g/mol. The summed E-state index contributed by atoms with van der Waals surface area (Å²) in [7, 11) is 0. The molecular formula is C36H54N2O2. The first-order valence-corrected chi connectivity index (χ1v) is 16.3. The molecule has 8 atom stereocenters. The minimum atomic E-state index is 0.0910. The zero-order valence-corrected chi connectivity index (χ0v) is 26.7. The number of hydrogen-bond acceptors (Lipinski definition) is 4. The van der Waals surface area contributed by atoms with Crippen molar-refractivity contribution in [2.45, 2.75) is 126 Å². The molecule has 4 nitrogen and oxygen atoms in total. The van der Waals surface area contributed by atoms with Crippen LogP contribution in [0.2, 0.25) is 0 Å². The summed E-state index contributed by atoms with van der Waals surface area (Å²) in [6.07, 6.45) is 12.4. The van der Waals surface area contributed by atoms with Crippen LogP contribution in [0.1, 0.15) is 119 Å². The van der Waals surface area contributed by atoms with Crippen molar-refractivity contribution in [3.63, 3.8) is 0 Å². The number of hydrogen-bond donors (Lipinski definition) is 2. The second kappa shape index (κ2) is 8.83. The van der Waals surface area contributed by atoms with Gasteiger partial charge in [0.15, 0.2) is 11.5 Å². The Kier molecular flexibility index (Phi) is 6.25. The third kappa shape index (κ3) is 3.55. The Labute approximate surface area is 243 Å². The average Bonchev–Trinajstić information content (AvgIpc) is 3.14. The molecule has 40 heavy (non-hydrogen) atoms. The second-order valence-electron chi connectivity index (χ2n) is 16.6. The molecule has 5 aliphatic rings. The number of aryl methyl sites for hydroxylation is 1. The summed E-state index contributed by atoms with van der Waals surface area (Å²) in [5.74, 6) is 2.97. The second-order valence-corrected chi connectivity index (χ2v) is 16.6. The summed E-state index contributed by atoms with van der Waals surface area (Å²) < 4.78 is 0. The van der Waals surface area contributed by atoms with Crippen LogP contribution in [-0.2, 0) is 4.79 Å². The molecule has 1 unspecified atom stereocenters. The first kappa shape index (κ1) is 28.3. The number of nitrogens with zero attached hydrogens (tertiary/aromatic N) is 1. The number of aromatic nitrogens is 1. The van der Waals surface area contributed by atoms with E-state index in [1.807, 2.05) is 13.0 Å². The molecule has 5 aliphatic carbocycles. The van der Waals surface area contributed by atoms with Crippen molar-refractivity contribution in [2.24, 2.45) is 50.7 Å². The van der Waals surface area contributed by atoms with E-state index in [1.165, 1.54) is 50.5 Å². The number of carbonyl (C=O) groups excluding carboxylic acids is 1. The first-order chi connectivity index (χ1) is 18.6. The van der Waals surface area contributed by atoms with Crippen molar-refractivity contribution in [1.82, 2.24) is 4.98 Å². The zero-order chi connectivity index (χ0) is 29.0. The summed E-state index contributed by atoms with van der Waals surface area (Å²) in [5.41, 5.74) is 5.37. The lowest BCUT2D eigenvalue weighted by molar-refractivity contribution is -0.213. The van der Waals surface area contributed by atoms with Crippen LogP contribution < -0.4 is 5.32 Å². The SMILES string of the molecule is Cc1nccc(NC2CC[C@]3(C)[C@H]4CC[C@@H]5C6=C(C(C)C)C(=O)C[C@]6(C)CC[C@@]5(C)[C@]4(C)CC[C@H]3C2(C)C)c1O. The first-order valence-electron chi connectivity index (χ1n) is 16.3. The molecule has 2 N–H and O–H groups in total. The van der Waals surface area contributed by atoms with Gasteiger partial charge in [0.2, 0.25) is 0 Å². The number of fused-ring (bicyclic) bond motifs is 7. The van der Waals surface area contributed by atoms with Gasteiger partial charge < -0.3 is 10.4 Å². The molecule has 4 saturated carbocycles. The van der Waals surface area contributed by atoms with Crippen molar-refractivity contribution in [3.05, 3.63) is 29.1 Å². The van der Waals surface area contributed by atoms with Crippen molar-refractivity contribution in [2.75, 3.05) is 5.32 Å². The van der Waals surface area contributed by atoms with E-state index in [0.717, 1.165) is 18.5 Å². The van der Waals surface area contributed by atoms with Crippen LogP contribution in [0.25, 0.3) is 0 Å². The molecule has 0 radical (unpaired) electrons. The van der Waals surface area contributed by atoms with Gasteiger partial charge >= 0.3 is 0 Å². The summed E-state index contributed by atoms with van der Waals surface area (Å²) >= 11 is 0. The molecule has 0 spiro atoms. The molecule has 1 aromatic rings. The van der Waals surface area contributed by atoms with Gasteiger partial charge in [-0.05, 0) is 121 Å². The van der Waals surface area contributed by atoms with Gasteiger partial charge in [-0.25, -0.2) is 0 Å². The van der Waals surface area contributed by atoms with Crippen LogP contribution in [0, 0.1) is 57.7 Å². The van der Waals surface area contributed by atoms with Gasteiger partial charge in [0.05, 0.1) is 11.4 Å². The maximum Gasteiger partial charge on any atom is 0.160 e. The molecule has 6 rings (SSSR count). The van der Waals surface area contributed by atoms with Gasteiger partial charge in [0.25, 0.3) is 0 Å². The minimum absolute atomic E-state index is 0.0910. The van der Waals surface area contributed by atoms with Crippen LogP contribution in [0.5, 0.6) is 5.75 Å². The number of allylic oxidation sites excluding steroid dienone is 2. The Hall–Kier alpha value is -1.84. The number of rotatable bonds is 3. The minimum Gasteiger partial charge on any atom is -0.504 e. The molecule has 0 aliphatic heterocycles. The highest BCUT2D eigenvalue weighted by Gasteiger charge is 2.69. The summed E-state index contributed by atoms with van der Waals surface area (Å²) in [6.45, 7) is 21.7. The van der Waals surface area contributed by atoms with Crippen LogP contribution in [0.4, 0.5) is 5.69 Å². The fourth-order valence-electron chi connectivity index (χ4n) is 12.0. The van der Waals surface area contributed by atoms with Crippen molar-refractivity contribution >= 4 is 11.5 Å². The molecule has 1 aromatic heterocycles. The van der Waals surface area contributed by atoms with Crippen LogP contribution in [0.3, 0.4) is 0 Å². The maximum atomic E-state index is 13.4. The van der Waals surface area contributed by atoms with Crippen molar-refractivity contribution in [3.8, 4) is 5.75 Å². The highest BCUT2D eigenvalue weighted by molar-refractivity contribution is 6.00. The fraction of sp³-hybridized carbons (Fsp3) is 0.778. The molecule has 220 valence electrons. The van der Waals surface area contributed by atoms with Crippen LogP contribution >= 0.6 is 0 Å². The molecule has 0 saturated heterocycles. The highest BCUT2D eigenvalue weighted by Crippen LogP contribution is 2.76. The number of Topliss-reactive ketones (excluding diaryl/α,β-unsaturated/α-hetero) is 1. The lowest BCUT2D eigenvalue weighted by Gasteiger charge is -2.72. The number of ketones is 1. The van der Waals surface area contributed by atoms with Crippen molar-refractivity contribution in [1.29, 1.82) is 0 Å². The normalized spacial score (nSPS) is 44.1. The molecule has 1 heterocycles. The number of carbonyl (C=O) groups is 1. The Bertz CT molecular complexity index is 1260. The highest BCUT2D eigenvalue weighted by atomic mass is 16.3. The van der Waals surface area contributed by atoms with E-state index < -0.39 is 0 Å². The summed E-state index contributed by atoms with van der Waals surface area (Å²) in [4.78, 5) is 17.6. The number of anilines is 1. The Morgan fingerprint density at radius 2 is 1.65 bits per heavy atom. The van der Waals surface area contributed by atoms with E-state index in [9.17, 15) is 9.90 Å². The number of aromatic hydroxyl groups is 1. The number of pyridine rings is 1. The predicted molar refractivity (Wildman–Crippen MR) is 163 cm³/mol. The summed E-state index contributed by atoms with van der Waals surface area (Å²) in [5, 5.41) is 14.5. The maximum absolute atomic E-state index is 13.4. The number of nitrogens with one attached hydrogen (secondary N) is 1. The fourth-order valence-corrected chi connectivity index (χ4v) is 12.0. The van der Waals surface area contributed by atoms with E-state index >= 15 is 0 Å². The Morgan fingerprint density at radius 1 is 0.925 bits per heavy atom. The van der Waals surface area contributed by atoms with E-state index in [4.69, 9.17) is 0 Å². The zero-order valence-electron chi connectivity index (χ0n) is 26.7. The summed E-state index contributed by atoms with van der Waals surface area (Å²) in [6, 6.07) is 2.25. The lowest BCUT2D eigenvalue weighted by Crippen LogP contribution is -2.66. The molecule has 0 aromatic carbocycles. The van der Waals surface area contributed by atoms with E-state index in [2.05, 4.69) is 65.7 Å². The van der Waals surface area contributed by atoms with Gasteiger partial charge in [-0.15, -0.1) is 0 Å². The molecule has 0 amide bonds. The smallest absolute Gasteiger partial charge is 0.160 e. The molecule has 4 heteroatoms. The van der Waals surface area contributed by atoms with E-state index in [1.54, 1.807) is 11.8 Å². The third-order valence-electron chi connectivity index (χ3n) is 14.2. The third-order valence-corrected chi connectivity index (χ3v) is 14.2. The average molecular weight is 547 g/mol. The van der Waals surface area contributed by atoms with Gasteiger partial charge in [-0.1, -0.05) is 61.0 Å². The van der Waals surface area contributed by atoms with Gasteiger partial charge in [-0.3, -0.25) is 9.78 Å². The van der Waals surface area contributed by atoms with Crippen LogP contribution in [-0.4, -0.2) is 21.9 Å². The van der Waals surface area contributed by atoms with E-state index in [-0.39, 0.29) is 16.2 Å². The predicted octanol–water partition coefficient (Wildman–Crippen LogP) is 8.88. The van der Waals surface area contributed by atoms with Gasteiger partial charge in [-0.2, -0.15) is 0 Å². The van der Waals surface area contributed by atoms with Gasteiger partial charge in [0, 0.05) is 18.7 Å². The standard InChI is InChI=1S/C36H54N2O2/c1-21(2)29-25(39)20-33(6)17-18-35(8)23(30(29)33)10-11-27-34(7)15-13-28(38-24-14-19-37-22(3)31(24)40)32(4,5)26(34)12-16-36(27,35)9/h14,19,21,23,26-28,40H,10-13,15-18,20H2,1-9H3,(H,37,38)/t23-,26+,27-,28?,33+,34+,35-,36-/m1/s1. The topological polar surface area (TPSA) is 62.2 Å². The Balaban J connectivity index is 1.34.